The van der Waals surface area contributed by atoms with E-state index in [4.69, 9.17) is 10.5 Å². The predicted molar refractivity (Wildman–Crippen MR) is 62.9 cm³/mol. The Balaban J connectivity index is 2.45. The number of benzene rings is 1. The molecule has 2 rings (SSSR count). The van der Waals surface area contributed by atoms with Crippen LogP contribution in [0.15, 0.2) is 36.8 Å². The van der Waals surface area contributed by atoms with Gasteiger partial charge in [0.25, 0.3) is 0 Å². The van der Waals surface area contributed by atoms with E-state index in [9.17, 15) is 0 Å². The highest BCUT2D eigenvalue weighted by Gasteiger charge is 2.07. The number of imidazole rings is 1. The summed E-state index contributed by atoms with van der Waals surface area (Å²) in [6.45, 7) is 0.612. The van der Waals surface area contributed by atoms with E-state index in [1.54, 1.807) is 13.4 Å². The Labute approximate surface area is 94.7 Å². The first kappa shape index (κ1) is 10.7. The Morgan fingerprint density at radius 1 is 1.38 bits per heavy atom. The van der Waals surface area contributed by atoms with Crippen molar-refractivity contribution in [2.45, 2.75) is 6.42 Å². The lowest BCUT2D eigenvalue weighted by atomic mass is 10.2. The van der Waals surface area contributed by atoms with Gasteiger partial charge in [-0.2, -0.15) is 0 Å². The summed E-state index contributed by atoms with van der Waals surface area (Å²) in [6, 6.07) is 7.86. The summed E-state index contributed by atoms with van der Waals surface area (Å²) in [5.74, 6) is 0.832. The van der Waals surface area contributed by atoms with Crippen molar-refractivity contribution in [3.8, 4) is 11.4 Å². The summed E-state index contributed by atoms with van der Waals surface area (Å²) in [4.78, 5) is 4.14. The summed E-state index contributed by atoms with van der Waals surface area (Å²) >= 11 is 0. The van der Waals surface area contributed by atoms with Gasteiger partial charge >= 0.3 is 0 Å². The van der Waals surface area contributed by atoms with E-state index in [1.807, 2.05) is 35.0 Å². The summed E-state index contributed by atoms with van der Waals surface area (Å²) in [6.07, 6.45) is 4.42. The minimum atomic E-state index is 0.612. The van der Waals surface area contributed by atoms with Gasteiger partial charge in [0.1, 0.15) is 5.75 Å². The van der Waals surface area contributed by atoms with Crippen LogP contribution in [0.25, 0.3) is 5.69 Å². The smallest absolute Gasteiger partial charge is 0.142 e. The molecule has 0 saturated heterocycles. The van der Waals surface area contributed by atoms with Gasteiger partial charge in [0.2, 0.25) is 0 Å². The molecule has 84 valence electrons. The zero-order chi connectivity index (χ0) is 11.4. The largest absolute Gasteiger partial charge is 0.495 e. The molecule has 0 fully saturated rings. The Kier molecular flexibility index (Phi) is 3.22. The molecule has 0 bridgehead atoms. The molecule has 2 aromatic rings. The lowest BCUT2D eigenvalue weighted by Crippen LogP contribution is -2.08. The Morgan fingerprint density at radius 3 is 2.94 bits per heavy atom. The standard InChI is InChI=1S/C12H15N3O/c1-16-12-5-3-2-4-11(12)15-9-14-8-10(15)6-7-13/h2-5,8-9H,6-7,13H2,1H3. The van der Waals surface area contributed by atoms with Gasteiger partial charge in [0.15, 0.2) is 0 Å². The number of methoxy groups -OCH3 is 1. The fraction of sp³-hybridized carbons (Fsp3) is 0.250. The van der Waals surface area contributed by atoms with Crippen LogP contribution in [0.4, 0.5) is 0 Å². The van der Waals surface area contributed by atoms with Crippen molar-refractivity contribution in [3.05, 3.63) is 42.5 Å². The van der Waals surface area contributed by atoms with E-state index in [-0.39, 0.29) is 0 Å². The van der Waals surface area contributed by atoms with Crippen molar-refractivity contribution in [3.63, 3.8) is 0 Å². The van der Waals surface area contributed by atoms with Gasteiger partial charge in [-0.3, -0.25) is 4.57 Å². The van der Waals surface area contributed by atoms with Gasteiger partial charge in [-0.1, -0.05) is 12.1 Å². The number of aromatic nitrogens is 2. The van der Waals surface area contributed by atoms with Crippen LogP contribution >= 0.6 is 0 Å². The second-order valence-corrected chi connectivity index (χ2v) is 3.47. The molecular weight excluding hydrogens is 202 g/mol. The molecule has 4 heteroatoms. The maximum absolute atomic E-state index is 5.56. The fourth-order valence-electron chi connectivity index (χ4n) is 1.70. The SMILES string of the molecule is COc1ccccc1-n1cncc1CCN. The van der Waals surface area contributed by atoms with Crippen LogP contribution in [0.5, 0.6) is 5.75 Å². The van der Waals surface area contributed by atoms with E-state index in [0.717, 1.165) is 23.6 Å². The second-order valence-electron chi connectivity index (χ2n) is 3.47. The zero-order valence-electron chi connectivity index (χ0n) is 9.26. The molecule has 0 atom stereocenters. The third kappa shape index (κ3) is 1.92. The van der Waals surface area contributed by atoms with Crippen LogP contribution in [0, 0.1) is 0 Å². The lowest BCUT2D eigenvalue weighted by Gasteiger charge is -2.11. The van der Waals surface area contributed by atoms with Gasteiger partial charge < -0.3 is 10.5 Å². The molecule has 4 nitrogen and oxygen atoms in total. The highest BCUT2D eigenvalue weighted by atomic mass is 16.5. The van der Waals surface area contributed by atoms with Crippen LogP contribution in [0.1, 0.15) is 5.69 Å². The number of hydrogen-bond acceptors (Lipinski definition) is 3. The van der Waals surface area contributed by atoms with Crippen molar-refractivity contribution in [2.75, 3.05) is 13.7 Å². The first-order chi connectivity index (χ1) is 7.86. The highest BCUT2D eigenvalue weighted by molar-refractivity contribution is 5.47. The first-order valence-corrected chi connectivity index (χ1v) is 5.21. The summed E-state index contributed by atoms with van der Waals surface area (Å²) < 4.78 is 7.33. The molecule has 0 unspecified atom stereocenters. The molecule has 1 heterocycles. The molecule has 16 heavy (non-hydrogen) atoms. The molecule has 0 aliphatic carbocycles. The fourth-order valence-corrected chi connectivity index (χ4v) is 1.70. The third-order valence-corrected chi connectivity index (χ3v) is 2.46. The van der Waals surface area contributed by atoms with Gasteiger partial charge in [-0.25, -0.2) is 4.98 Å². The van der Waals surface area contributed by atoms with Gasteiger partial charge in [-0.05, 0) is 18.7 Å². The van der Waals surface area contributed by atoms with Crippen molar-refractivity contribution in [1.82, 2.24) is 9.55 Å². The van der Waals surface area contributed by atoms with Crippen molar-refractivity contribution in [1.29, 1.82) is 0 Å². The number of para-hydroxylation sites is 2. The third-order valence-electron chi connectivity index (χ3n) is 2.46. The molecule has 0 aliphatic rings. The molecule has 0 saturated carbocycles. The zero-order valence-corrected chi connectivity index (χ0v) is 9.26. The minimum Gasteiger partial charge on any atom is -0.495 e. The van der Waals surface area contributed by atoms with E-state index >= 15 is 0 Å². The summed E-state index contributed by atoms with van der Waals surface area (Å²) in [5.41, 5.74) is 7.65. The Morgan fingerprint density at radius 2 is 2.19 bits per heavy atom. The highest BCUT2D eigenvalue weighted by Crippen LogP contribution is 2.23. The molecule has 1 aromatic heterocycles. The van der Waals surface area contributed by atoms with Gasteiger partial charge in [0, 0.05) is 18.3 Å². The molecule has 0 radical (unpaired) electrons. The molecule has 0 amide bonds. The topological polar surface area (TPSA) is 53.1 Å². The Hall–Kier alpha value is -1.81. The van der Waals surface area contributed by atoms with E-state index < -0.39 is 0 Å². The maximum Gasteiger partial charge on any atom is 0.142 e. The number of hydrogen-bond donors (Lipinski definition) is 1. The first-order valence-electron chi connectivity index (χ1n) is 5.21. The molecular formula is C12H15N3O. The molecule has 1 aromatic carbocycles. The normalized spacial score (nSPS) is 10.4. The van der Waals surface area contributed by atoms with Crippen LogP contribution in [0.3, 0.4) is 0 Å². The van der Waals surface area contributed by atoms with Crippen molar-refractivity contribution >= 4 is 0 Å². The van der Waals surface area contributed by atoms with Crippen LogP contribution in [0.2, 0.25) is 0 Å². The quantitative estimate of drug-likeness (QED) is 0.841. The average Bonchev–Trinajstić information content (AvgIpc) is 2.77. The van der Waals surface area contributed by atoms with Crippen molar-refractivity contribution < 1.29 is 4.74 Å². The van der Waals surface area contributed by atoms with E-state index in [0.29, 0.717) is 6.54 Å². The summed E-state index contributed by atoms with van der Waals surface area (Å²) in [5, 5.41) is 0. The molecule has 2 N–H and O–H groups in total. The van der Waals surface area contributed by atoms with Crippen LogP contribution in [-0.2, 0) is 6.42 Å². The van der Waals surface area contributed by atoms with Crippen molar-refractivity contribution in [2.24, 2.45) is 5.73 Å². The van der Waals surface area contributed by atoms with E-state index in [2.05, 4.69) is 4.98 Å². The molecule has 0 aliphatic heterocycles. The van der Waals surface area contributed by atoms with Gasteiger partial charge in [-0.15, -0.1) is 0 Å². The van der Waals surface area contributed by atoms with E-state index in [1.165, 1.54) is 0 Å². The second kappa shape index (κ2) is 4.81. The number of nitrogens with zero attached hydrogens (tertiary/aromatic N) is 2. The number of rotatable bonds is 4. The monoisotopic (exact) mass is 217 g/mol. The lowest BCUT2D eigenvalue weighted by molar-refractivity contribution is 0.412. The summed E-state index contributed by atoms with van der Waals surface area (Å²) in [7, 11) is 1.67. The predicted octanol–water partition coefficient (Wildman–Crippen LogP) is 1.38. The van der Waals surface area contributed by atoms with Crippen LogP contribution in [-0.4, -0.2) is 23.2 Å². The van der Waals surface area contributed by atoms with Crippen LogP contribution < -0.4 is 10.5 Å². The number of nitrogens with two attached hydrogens (primary N) is 1. The molecule has 0 spiro atoms. The maximum atomic E-state index is 5.56. The van der Waals surface area contributed by atoms with Gasteiger partial charge in [0.05, 0.1) is 19.1 Å². The Bertz CT molecular complexity index is 465. The minimum absolute atomic E-state index is 0.612. The average molecular weight is 217 g/mol. The number of ether oxygens (including phenoxy) is 1.